The van der Waals surface area contributed by atoms with E-state index in [9.17, 15) is 23.6 Å². The van der Waals surface area contributed by atoms with Crippen LogP contribution in [-0.4, -0.2) is 30.5 Å². The molecule has 1 aliphatic carbocycles. The van der Waals surface area contributed by atoms with E-state index in [0.29, 0.717) is 5.56 Å². The van der Waals surface area contributed by atoms with Gasteiger partial charge in [-0.15, -0.1) is 0 Å². The number of nitrogens with zero attached hydrogens (tertiary/aromatic N) is 1. The Kier molecular flexibility index (Phi) is 3.34. The summed E-state index contributed by atoms with van der Waals surface area (Å²) in [7, 11) is -3.60. The van der Waals surface area contributed by atoms with Gasteiger partial charge in [-0.25, -0.2) is 8.42 Å². The van der Waals surface area contributed by atoms with E-state index in [2.05, 4.69) is 0 Å². The lowest BCUT2D eigenvalue weighted by atomic mass is 10.00. The summed E-state index contributed by atoms with van der Waals surface area (Å²) < 4.78 is 24.2. The Balaban J connectivity index is 2.54. The summed E-state index contributed by atoms with van der Waals surface area (Å²) in [6, 6.07) is 8.69. The van der Waals surface area contributed by atoms with Gasteiger partial charge < -0.3 is 5.11 Å². The average Bonchev–Trinajstić information content (AvgIpc) is 3.11. The predicted octanol–water partition coefficient (Wildman–Crippen LogP) is 1.49. The van der Waals surface area contributed by atoms with Crippen LogP contribution in [0.4, 0.5) is 0 Å². The van der Waals surface area contributed by atoms with Gasteiger partial charge in [0.15, 0.2) is 15.3 Å². The zero-order valence-corrected chi connectivity index (χ0v) is 12.0. The molecule has 0 radical (unpaired) electrons. The Labute approximate surface area is 117 Å². The molecular formula is C14H15NO4S. The molecule has 1 aliphatic rings. The monoisotopic (exact) mass is 293 g/mol. The zero-order chi connectivity index (χ0) is 15.1. The quantitative estimate of drug-likeness (QED) is 0.907. The zero-order valence-electron chi connectivity index (χ0n) is 11.2. The summed E-state index contributed by atoms with van der Waals surface area (Å²) in [6.07, 6.45) is 0. The van der Waals surface area contributed by atoms with Gasteiger partial charge in [0.2, 0.25) is 0 Å². The van der Waals surface area contributed by atoms with Crippen molar-refractivity contribution in [3.8, 4) is 6.07 Å². The van der Waals surface area contributed by atoms with E-state index in [-0.39, 0.29) is 5.75 Å². The highest BCUT2D eigenvalue weighted by molar-refractivity contribution is 7.92. The highest BCUT2D eigenvalue weighted by Gasteiger charge is 2.76. The molecule has 0 spiro atoms. The van der Waals surface area contributed by atoms with E-state index < -0.39 is 32.4 Å². The fourth-order valence-electron chi connectivity index (χ4n) is 2.67. The first kappa shape index (κ1) is 14.5. The number of hydrogen-bond donors (Lipinski definition) is 1. The van der Waals surface area contributed by atoms with Crippen LogP contribution in [0, 0.1) is 23.7 Å². The van der Waals surface area contributed by atoms with Crippen LogP contribution in [0.25, 0.3) is 0 Å². The number of sulfone groups is 1. The van der Waals surface area contributed by atoms with Crippen LogP contribution in [0.5, 0.6) is 0 Å². The van der Waals surface area contributed by atoms with Crippen LogP contribution in [0.1, 0.15) is 24.0 Å². The van der Waals surface area contributed by atoms with Crippen LogP contribution in [-0.2, 0) is 14.6 Å². The lowest BCUT2D eigenvalue weighted by Gasteiger charge is -2.02. The number of nitriles is 1. The first-order valence-electron chi connectivity index (χ1n) is 6.24. The molecule has 0 heterocycles. The van der Waals surface area contributed by atoms with E-state index in [4.69, 9.17) is 0 Å². The molecule has 20 heavy (non-hydrogen) atoms. The van der Waals surface area contributed by atoms with Crippen molar-refractivity contribution in [1.82, 2.24) is 0 Å². The number of hydrogen-bond acceptors (Lipinski definition) is 4. The Hall–Kier alpha value is -1.87. The molecule has 0 saturated heterocycles. The Morgan fingerprint density at radius 1 is 1.40 bits per heavy atom. The summed E-state index contributed by atoms with van der Waals surface area (Å²) in [4.78, 5) is 11.5. The molecule has 1 saturated carbocycles. The van der Waals surface area contributed by atoms with Crippen molar-refractivity contribution in [3.05, 3.63) is 35.4 Å². The maximum absolute atomic E-state index is 12.1. The van der Waals surface area contributed by atoms with Gasteiger partial charge in [-0.2, -0.15) is 5.26 Å². The van der Waals surface area contributed by atoms with Crippen molar-refractivity contribution >= 4 is 15.8 Å². The first-order chi connectivity index (χ1) is 9.31. The topological polar surface area (TPSA) is 95.2 Å². The van der Waals surface area contributed by atoms with Crippen molar-refractivity contribution in [2.24, 2.45) is 5.41 Å². The van der Waals surface area contributed by atoms with E-state index in [1.54, 1.807) is 30.3 Å². The summed E-state index contributed by atoms with van der Waals surface area (Å²) in [5, 5.41) is 17.4. The third kappa shape index (κ3) is 1.90. The van der Waals surface area contributed by atoms with Gasteiger partial charge in [0.05, 0.1) is 6.07 Å². The lowest BCUT2D eigenvalue weighted by molar-refractivity contribution is -0.141. The fourth-order valence-corrected chi connectivity index (χ4v) is 4.61. The van der Waals surface area contributed by atoms with Crippen molar-refractivity contribution in [2.75, 3.05) is 5.75 Å². The fraction of sp³-hybridized carbons (Fsp3) is 0.429. The van der Waals surface area contributed by atoms with Gasteiger partial charge in [-0.3, -0.25) is 4.79 Å². The van der Waals surface area contributed by atoms with Crippen LogP contribution in [0.15, 0.2) is 24.3 Å². The second-order valence-electron chi connectivity index (χ2n) is 5.05. The van der Waals surface area contributed by atoms with Crippen molar-refractivity contribution in [2.45, 2.75) is 25.0 Å². The Morgan fingerprint density at radius 3 is 2.35 bits per heavy atom. The molecule has 2 rings (SSSR count). The summed E-state index contributed by atoms with van der Waals surface area (Å²) in [6.45, 7) is 3.34. The van der Waals surface area contributed by atoms with Crippen molar-refractivity contribution in [3.63, 3.8) is 0 Å². The summed E-state index contributed by atoms with van der Waals surface area (Å²) in [5.74, 6) is -2.33. The molecule has 0 bridgehead atoms. The predicted molar refractivity (Wildman–Crippen MR) is 72.9 cm³/mol. The molecule has 3 unspecified atom stereocenters. The molecular weight excluding hydrogens is 278 g/mol. The maximum atomic E-state index is 12.1. The number of rotatable bonds is 4. The van der Waals surface area contributed by atoms with Gasteiger partial charge in [0.1, 0.15) is 5.25 Å². The van der Waals surface area contributed by atoms with Gasteiger partial charge in [-0.1, -0.05) is 36.8 Å². The molecule has 106 valence electrons. The largest absolute Gasteiger partial charge is 0.480 e. The second kappa shape index (κ2) is 4.60. The number of aryl methyl sites for hydroxylation is 1. The van der Waals surface area contributed by atoms with Crippen molar-refractivity contribution < 1.29 is 18.3 Å². The normalized spacial score (nSPS) is 28.6. The third-order valence-electron chi connectivity index (χ3n) is 3.90. The molecule has 6 heteroatoms. The van der Waals surface area contributed by atoms with Crippen LogP contribution >= 0.6 is 0 Å². The van der Waals surface area contributed by atoms with E-state index in [0.717, 1.165) is 5.56 Å². The minimum Gasteiger partial charge on any atom is -0.480 e. The van der Waals surface area contributed by atoms with Gasteiger partial charge in [0.25, 0.3) is 0 Å². The number of carboxylic acids is 1. The minimum atomic E-state index is -3.60. The second-order valence-corrected chi connectivity index (χ2v) is 7.46. The highest BCUT2D eigenvalue weighted by Crippen LogP contribution is 2.63. The van der Waals surface area contributed by atoms with E-state index in [1.807, 2.05) is 6.92 Å². The van der Waals surface area contributed by atoms with Gasteiger partial charge >= 0.3 is 5.97 Å². The van der Waals surface area contributed by atoms with E-state index >= 15 is 0 Å². The molecule has 0 aromatic heterocycles. The maximum Gasteiger partial charge on any atom is 0.326 e. The Morgan fingerprint density at radius 2 is 1.95 bits per heavy atom. The van der Waals surface area contributed by atoms with Crippen LogP contribution < -0.4 is 0 Å². The highest BCUT2D eigenvalue weighted by atomic mass is 32.2. The number of aliphatic carboxylic acids is 1. The smallest absolute Gasteiger partial charge is 0.326 e. The molecule has 1 aromatic carbocycles. The molecule has 1 fully saturated rings. The Bertz CT molecular complexity index is 687. The molecule has 0 amide bonds. The molecule has 0 aliphatic heterocycles. The van der Waals surface area contributed by atoms with Crippen LogP contribution in [0.2, 0.25) is 0 Å². The standard InChI is InChI=1S/C14H15NO4S/c1-3-20(18,19)12-11(14(12,8-15)13(16)17)10-6-4-9(2)5-7-10/h4-7,11-12H,3H2,1-2H3,(H,16,17). The molecule has 3 atom stereocenters. The summed E-state index contributed by atoms with van der Waals surface area (Å²) >= 11 is 0. The third-order valence-corrected chi connectivity index (χ3v) is 6.12. The van der Waals surface area contributed by atoms with E-state index in [1.165, 1.54) is 6.92 Å². The van der Waals surface area contributed by atoms with Gasteiger partial charge in [0, 0.05) is 11.7 Å². The minimum absolute atomic E-state index is 0.170. The molecule has 1 aromatic rings. The summed E-state index contributed by atoms with van der Waals surface area (Å²) in [5.41, 5.74) is -0.284. The lowest BCUT2D eigenvalue weighted by Crippen LogP contribution is -2.23. The SMILES string of the molecule is CCS(=O)(=O)C1C(c2ccc(C)cc2)C1(C#N)C(=O)O. The molecule has 5 nitrogen and oxygen atoms in total. The van der Waals surface area contributed by atoms with Crippen molar-refractivity contribution in [1.29, 1.82) is 5.26 Å². The number of benzene rings is 1. The number of carbonyl (C=O) groups is 1. The average molecular weight is 293 g/mol. The van der Waals surface area contributed by atoms with Gasteiger partial charge in [-0.05, 0) is 12.5 Å². The van der Waals surface area contributed by atoms with Crippen LogP contribution in [0.3, 0.4) is 0 Å². The first-order valence-corrected chi connectivity index (χ1v) is 7.95. The molecule has 1 N–H and O–H groups in total. The number of carboxylic acid groups (broad SMARTS) is 1.